The quantitative estimate of drug-likeness (QED) is 0.915. The van der Waals surface area contributed by atoms with E-state index in [2.05, 4.69) is 24.9 Å². The second-order valence-corrected chi connectivity index (χ2v) is 8.20. The predicted molar refractivity (Wildman–Crippen MR) is 97.9 cm³/mol. The van der Waals surface area contributed by atoms with Gasteiger partial charge < -0.3 is 10.0 Å². The molecule has 1 aromatic carbocycles. The summed E-state index contributed by atoms with van der Waals surface area (Å²) in [4.78, 5) is 16.7. The van der Waals surface area contributed by atoms with Gasteiger partial charge in [0.1, 0.15) is 5.75 Å². The molecule has 2 rings (SSSR count). The third kappa shape index (κ3) is 4.73. The summed E-state index contributed by atoms with van der Waals surface area (Å²) in [7, 11) is 2.14. The van der Waals surface area contributed by atoms with Crippen molar-refractivity contribution < 1.29 is 9.90 Å². The number of hydrogen-bond acceptors (Lipinski definition) is 3. The maximum Gasteiger partial charge on any atom is 0.227 e. The van der Waals surface area contributed by atoms with Crippen LogP contribution in [-0.2, 0) is 4.79 Å². The normalized spacial score (nSPS) is 18.0. The van der Waals surface area contributed by atoms with Crippen molar-refractivity contribution in [1.82, 2.24) is 9.80 Å². The monoisotopic (exact) mass is 332 g/mol. The lowest BCUT2D eigenvalue weighted by Gasteiger charge is -2.38. The number of nitrogens with zero attached hydrogens (tertiary/aromatic N) is 2. The number of carbonyl (C=O) groups is 1. The fraction of sp³-hybridized carbons (Fsp3) is 0.650. The Bertz CT molecular complexity index is 557. The van der Waals surface area contributed by atoms with Gasteiger partial charge >= 0.3 is 0 Å². The van der Waals surface area contributed by atoms with Gasteiger partial charge in [0.2, 0.25) is 5.91 Å². The molecule has 1 heterocycles. The first kappa shape index (κ1) is 18.8. The van der Waals surface area contributed by atoms with Gasteiger partial charge in [0.25, 0.3) is 0 Å². The van der Waals surface area contributed by atoms with Gasteiger partial charge in [-0.25, -0.2) is 0 Å². The molecule has 0 radical (unpaired) electrons. The minimum Gasteiger partial charge on any atom is -0.508 e. The van der Waals surface area contributed by atoms with Gasteiger partial charge in [-0.3, -0.25) is 9.69 Å². The Labute approximate surface area is 146 Å². The van der Waals surface area contributed by atoms with Crippen LogP contribution < -0.4 is 0 Å². The highest BCUT2D eigenvalue weighted by Gasteiger charge is 2.30. The van der Waals surface area contributed by atoms with Crippen LogP contribution in [0.1, 0.15) is 52.1 Å². The van der Waals surface area contributed by atoms with Crippen molar-refractivity contribution in [3.05, 3.63) is 29.8 Å². The average Bonchev–Trinajstić information content (AvgIpc) is 2.53. The number of phenols is 1. The first-order valence-electron chi connectivity index (χ1n) is 8.97. The molecule has 1 fully saturated rings. The average molecular weight is 332 g/mol. The standard InChI is InChI=1S/C20H32N2O2/c1-15(17-7-6-8-18(23)13-17)21(5)14-16-9-11-22(12-10-16)19(24)20(2,3)4/h6-8,13,15-16,23H,9-12,14H2,1-5H3. The number of phenolic OH excluding ortho intramolecular Hbond substituents is 1. The summed E-state index contributed by atoms with van der Waals surface area (Å²) >= 11 is 0. The lowest BCUT2D eigenvalue weighted by molar-refractivity contribution is -0.141. The zero-order valence-electron chi connectivity index (χ0n) is 15.7. The Balaban J connectivity index is 1.86. The van der Waals surface area contributed by atoms with Crippen molar-refractivity contribution in [3.8, 4) is 5.75 Å². The van der Waals surface area contributed by atoms with Gasteiger partial charge in [-0.2, -0.15) is 0 Å². The van der Waals surface area contributed by atoms with E-state index in [0.717, 1.165) is 38.0 Å². The Hall–Kier alpha value is -1.55. The number of rotatable bonds is 4. The van der Waals surface area contributed by atoms with Gasteiger partial charge in [0, 0.05) is 31.1 Å². The summed E-state index contributed by atoms with van der Waals surface area (Å²) < 4.78 is 0. The molecule has 0 aliphatic carbocycles. The van der Waals surface area contributed by atoms with Crippen molar-refractivity contribution in [2.75, 3.05) is 26.7 Å². The molecule has 4 heteroatoms. The number of hydrogen-bond donors (Lipinski definition) is 1. The van der Waals surface area contributed by atoms with E-state index < -0.39 is 0 Å². The zero-order valence-corrected chi connectivity index (χ0v) is 15.7. The highest BCUT2D eigenvalue weighted by Crippen LogP contribution is 2.27. The lowest BCUT2D eigenvalue weighted by atomic mass is 9.90. The molecule has 1 unspecified atom stereocenters. The Morgan fingerprint density at radius 3 is 2.50 bits per heavy atom. The van der Waals surface area contributed by atoms with E-state index in [-0.39, 0.29) is 17.4 Å². The van der Waals surface area contributed by atoms with Crippen molar-refractivity contribution in [2.45, 2.75) is 46.6 Å². The summed E-state index contributed by atoms with van der Waals surface area (Å²) in [6.45, 7) is 10.9. The molecule has 1 amide bonds. The van der Waals surface area contributed by atoms with E-state index in [1.54, 1.807) is 6.07 Å². The predicted octanol–water partition coefficient (Wildman–Crippen LogP) is 3.67. The van der Waals surface area contributed by atoms with Gasteiger partial charge in [0.05, 0.1) is 0 Å². The molecular formula is C20H32N2O2. The molecule has 0 bridgehead atoms. The third-order valence-electron chi connectivity index (χ3n) is 5.10. The number of aromatic hydroxyl groups is 1. The highest BCUT2D eigenvalue weighted by molar-refractivity contribution is 5.81. The molecular weight excluding hydrogens is 300 g/mol. The van der Waals surface area contributed by atoms with E-state index >= 15 is 0 Å². The molecule has 0 spiro atoms. The van der Waals surface area contributed by atoms with Gasteiger partial charge in [-0.05, 0) is 50.4 Å². The van der Waals surface area contributed by atoms with E-state index in [1.165, 1.54) is 0 Å². The fourth-order valence-corrected chi connectivity index (χ4v) is 3.40. The second-order valence-electron chi connectivity index (χ2n) is 8.20. The van der Waals surface area contributed by atoms with E-state index in [1.807, 2.05) is 37.8 Å². The molecule has 1 saturated heterocycles. The lowest BCUT2D eigenvalue weighted by Crippen LogP contribution is -2.45. The third-order valence-corrected chi connectivity index (χ3v) is 5.10. The number of likely N-dealkylation sites (tertiary alicyclic amines) is 1. The molecule has 4 nitrogen and oxygen atoms in total. The Morgan fingerprint density at radius 1 is 1.33 bits per heavy atom. The summed E-state index contributed by atoms with van der Waals surface area (Å²) in [5, 5.41) is 9.66. The molecule has 1 aromatic rings. The van der Waals surface area contributed by atoms with Crippen LogP contribution in [0.15, 0.2) is 24.3 Å². The molecule has 1 atom stereocenters. The van der Waals surface area contributed by atoms with Crippen molar-refractivity contribution in [3.63, 3.8) is 0 Å². The molecule has 1 aliphatic rings. The van der Waals surface area contributed by atoms with Gasteiger partial charge in [0.15, 0.2) is 0 Å². The van der Waals surface area contributed by atoms with Crippen LogP contribution >= 0.6 is 0 Å². The van der Waals surface area contributed by atoms with Crippen molar-refractivity contribution >= 4 is 5.91 Å². The number of carbonyl (C=O) groups excluding carboxylic acids is 1. The van der Waals surface area contributed by atoms with Crippen LogP contribution in [0.4, 0.5) is 0 Å². The minimum absolute atomic E-state index is 0.266. The number of amides is 1. The SMILES string of the molecule is CC(c1cccc(O)c1)N(C)CC1CCN(C(=O)C(C)(C)C)CC1. The van der Waals surface area contributed by atoms with Crippen LogP contribution in [-0.4, -0.2) is 47.5 Å². The molecule has 0 saturated carbocycles. The minimum atomic E-state index is -0.284. The molecule has 24 heavy (non-hydrogen) atoms. The summed E-state index contributed by atoms with van der Waals surface area (Å²) in [5.41, 5.74) is 0.853. The van der Waals surface area contributed by atoms with Crippen LogP contribution in [0.2, 0.25) is 0 Å². The van der Waals surface area contributed by atoms with Crippen LogP contribution in [0.3, 0.4) is 0 Å². The van der Waals surface area contributed by atoms with Crippen molar-refractivity contribution in [2.24, 2.45) is 11.3 Å². The topological polar surface area (TPSA) is 43.8 Å². The zero-order chi connectivity index (χ0) is 17.9. The Morgan fingerprint density at radius 2 is 1.96 bits per heavy atom. The smallest absolute Gasteiger partial charge is 0.227 e. The van der Waals surface area contributed by atoms with Crippen LogP contribution in [0.25, 0.3) is 0 Å². The Kier molecular flexibility index (Phi) is 5.92. The van der Waals surface area contributed by atoms with E-state index in [4.69, 9.17) is 0 Å². The van der Waals surface area contributed by atoms with Gasteiger partial charge in [-0.15, -0.1) is 0 Å². The summed E-state index contributed by atoms with van der Waals surface area (Å²) in [6, 6.07) is 7.77. The first-order valence-corrected chi connectivity index (χ1v) is 8.97. The maximum absolute atomic E-state index is 12.4. The van der Waals surface area contributed by atoms with E-state index in [9.17, 15) is 9.90 Å². The number of piperidine rings is 1. The van der Waals surface area contributed by atoms with Crippen molar-refractivity contribution in [1.29, 1.82) is 0 Å². The molecule has 0 aromatic heterocycles. The molecule has 1 aliphatic heterocycles. The van der Waals surface area contributed by atoms with Gasteiger partial charge in [-0.1, -0.05) is 32.9 Å². The summed E-state index contributed by atoms with van der Waals surface area (Å²) in [6.07, 6.45) is 2.14. The fourth-order valence-electron chi connectivity index (χ4n) is 3.40. The maximum atomic E-state index is 12.4. The number of benzene rings is 1. The first-order chi connectivity index (χ1) is 11.2. The second kappa shape index (κ2) is 7.56. The molecule has 1 N–H and O–H groups in total. The molecule has 134 valence electrons. The highest BCUT2D eigenvalue weighted by atomic mass is 16.3. The van der Waals surface area contributed by atoms with Crippen LogP contribution in [0.5, 0.6) is 5.75 Å². The van der Waals surface area contributed by atoms with E-state index in [0.29, 0.717) is 11.7 Å². The summed E-state index contributed by atoms with van der Waals surface area (Å²) in [5.74, 6) is 1.21. The van der Waals surface area contributed by atoms with Crippen LogP contribution in [0, 0.1) is 11.3 Å². The largest absolute Gasteiger partial charge is 0.508 e.